The SMILES string of the molecule is CCn1nc(C)c(C(C)Nc2cc(C)ccc2Br)c1C. The van der Waals surface area contributed by atoms with E-state index in [9.17, 15) is 0 Å². The molecule has 3 nitrogen and oxygen atoms in total. The molecule has 1 heterocycles. The highest BCUT2D eigenvalue weighted by Gasteiger charge is 2.17. The zero-order valence-corrected chi connectivity index (χ0v) is 14.4. The minimum atomic E-state index is 0.230. The van der Waals surface area contributed by atoms with Crippen molar-refractivity contribution < 1.29 is 0 Å². The quantitative estimate of drug-likeness (QED) is 0.872. The fourth-order valence-electron chi connectivity index (χ4n) is 2.70. The average molecular weight is 336 g/mol. The highest BCUT2D eigenvalue weighted by molar-refractivity contribution is 9.10. The molecule has 1 aromatic heterocycles. The zero-order chi connectivity index (χ0) is 14.9. The number of hydrogen-bond donors (Lipinski definition) is 1. The van der Waals surface area contributed by atoms with Crippen LogP contribution in [0.3, 0.4) is 0 Å². The molecule has 0 saturated carbocycles. The van der Waals surface area contributed by atoms with Crippen molar-refractivity contribution in [1.29, 1.82) is 0 Å². The lowest BCUT2D eigenvalue weighted by atomic mass is 10.1. The van der Waals surface area contributed by atoms with E-state index in [1.165, 1.54) is 16.8 Å². The van der Waals surface area contributed by atoms with E-state index in [0.717, 1.165) is 22.4 Å². The fourth-order valence-corrected chi connectivity index (χ4v) is 3.06. The standard InChI is InChI=1S/C16H22BrN3/c1-6-20-13(5)16(12(4)19-20)11(3)18-15-9-10(2)7-8-14(15)17/h7-9,11,18H,6H2,1-5H3. The average Bonchev–Trinajstić information content (AvgIpc) is 2.68. The van der Waals surface area contributed by atoms with Crippen molar-refractivity contribution in [3.8, 4) is 0 Å². The highest BCUT2D eigenvalue weighted by atomic mass is 79.9. The number of anilines is 1. The molecule has 4 heteroatoms. The molecule has 1 aromatic carbocycles. The van der Waals surface area contributed by atoms with Crippen LogP contribution in [0.1, 0.15) is 42.4 Å². The van der Waals surface area contributed by atoms with Gasteiger partial charge >= 0.3 is 0 Å². The second-order valence-electron chi connectivity index (χ2n) is 5.25. The molecule has 108 valence electrons. The molecule has 0 fully saturated rings. The van der Waals surface area contributed by atoms with E-state index in [4.69, 9.17) is 0 Å². The maximum atomic E-state index is 4.60. The van der Waals surface area contributed by atoms with Crippen LogP contribution in [0.2, 0.25) is 0 Å². The van der Waals surface area contributed by atoms with Crippen LogP contribution in [0.5, 0.6) is 0 Å². The van der Waals surface area contributed by atoms with Gasteiger partial charge in [0.05, 0.1) is 11.7 Å². The molecule has 0 aliphatic rings. The Labute approximate surface area is 129 Å². The molecule has 0 amide bonds. The van der Waals surface area contributed by atoms with Gasteiger partial charge in [-0.15, -0.1) is 0 Å². The van der Waals surface area contributed by atoms with Gasteiger partial charge in [0, 0.05) is 28.0 Å². The van der Waals surface area contributed by atoms with Crippen molar-refractivity contribution in [2.75, 3.05) is 5.32 Å². The van der Waals surface area contributed by atoms with Crippen molar-refractivity contribution in [2.24, 2.45) is 0 Å². The first-order chi connectivity index (χ1) is 9.43. The summed E-state index contributed by atoms with van der Waals surface area (Å²) < 4.78 is 3.15. The minimum absolute atomic E-state index is 0.230. The Hall–Kier alpha value is -1.29. The van der Waals surface area contributed by atoms with Gasteiger partial charge in [-0.2, -0.15) is 5.10 Å². The third-order valence-corrected chi connectivity index (χ3v) is 4.36. The van der Waals surface area contributed by atoms with Crippen LogP contribution < -0.4 is 5.32 Å². The van der Waals surface area contributed by atoms with Gasteiger partial charge in [0.15, 0.2) is 0 Å². The smallest absolute Gasteiger partial charge is 0.0649 e. The molecule has 0 saturated heterocycles. The van der Waals surface area contributed by atoms with Crippen LogP contribution in [-0.4, -0.2) is 9.78 Å². The molecule has 1 N–H and O–H groups in total. The Morgan fingerprint density at radius 1 is 1.30 bits per heavy atom. The van der Waals surface area contributed by atoms with E-state index < -0.39 is 0 Å². The number of halogens is 1. The van der Waals surface area contributed by atoms with Gasteiger partial charge in [-0.1, -0.05) is 6.07 Å². The van der Waals surface area contributed by atoms with Gasteiger partial charge in [-0.3, -0.25) is 4.68 Å². The number of benzene rings is 1. The minimum Gasteiger partial charge on any atom is -0.377 e. The summed E-state index contributed by atoms with van der Waals surface area (Å²) in [5.41, 5.74) is 6.02. The Morgan fingerprint density at radius 2 is 2.00 bits per heavy atom. The molecule has 1 unspecified atom stereocenters. The van der Waals surface area contributed by atoms with E-state index in [2.05, 4.69) is 83.8 Å². The van der Waals surface area contributed by atoms with Crippen LogP contribution in [0.4, 0.5) is 5.69 Å². The lowest BCUT2D eigenvalue weighted by Crippen LogP contribution is -2.10. The molecule has 0 bridgehead atoms. The van der Waals surface area contributed by atoms with Gasteiger partial charge in [-0.25, -0.2) is 0 Å². The summed E-state index contributed by atoms with van der Waals surface area (Å²) in [6.07, 6.45) is 0. The Balaban J connectivity index is 2.30. The van der Waals surface area contributed by atoms with E-state index in [-0.39, 0.29) is 6.04 Å². The van der Waals surface area contributed by atoms with Gasteiger partial charge in [0.2, 0.25) is 0 Å². The van der Waals surface area contributed by atoms with E-state index in [1.807, 2.05) is 0 Å². The summed E-state index contributed by atoms with van der Waals surface area (Å²) in [6.45, 7) is 11.5. The molecule has 0 aliphatic carbocycles. The number of rotatable bonds is 4. The molecular weight excluding hydrogens is 314 g/mol. The van der Waals surface area contributed by atoms with E-state index in [1.54, 1.807) is 0 Å². The third kappa shape index (κ3) is 2.90. The summed E-state index contributed by atoms with van der Waals surface area (Å²) in [6, 6.07) is 6.58. The maximum absolute atomic E-state index is 4.60. The van der Waals surface area contributed by atoms with Crippen LogP contribution in [0, 0.1) is 20.8 Å². The van der Waals surface area contributed by atoms with Gasteiger partial charge in [0.1, 0.15) is 0 Å². The van der Waals surface area contributed by atoms with Crippen LogP contribution in [0.25, 0.3) is 0 Å². The number of hydrogen-bond acceptors (Lipinski definition) is 2. The topological polar surface area (TPSA) is 29.9 Å². The van der Waals surface area contributed by atoms with Crippen molar-refractivity contribution in [2.45, 2.75) is 47.2 Å². The Kier molecular flexibility index (Phi) is 4.53. The van der Waals surface area contributed by atoms with Gasteiger partial charge in [0.25, 0.3) is 0 Å². The molecular formula is C16H22BrN3. The maximum Gasteiger partial charge on any atom is 0.0649 e. The summed E-state index contributed by atoms with van der Waals surface area (Å²) in [5.74, 6) is 0. The van der Waals surface area contributed by atoms with Gasteiger partial charge in [-0.05, 0) is 68.2 Å². The molecule has 1 atom stereocenters. The Morgan fingerprint density at radius 3 is 2.60 bits per heavy atom. The first kappa shape index (κ1) is 15.1. The predicted octanol–water partition coefficient (Wildman–Crippen LogP) is 4.76. The monoisotopic (exact) mass is 335 g/mol. The first-order valence-corrected chi connectivity index (χ1v) is 7.80. The number of nitrogens with one attached hydrogen (secondary N) is 1. The van der Waals surface area contributed by atoms with Crippen molar-refractivity contribution in [3.63, 3.8) is 0 Å². The van der Waals surface area contributed by atoms with Crippen molar-refractivity contribution in [1.82, 2.24) is 9.78 Å². The predicted molar refractivity (Wildman–Crippen MR) is 88.3 cm³/mol. The summed E-state index contributed by atoms with van der Waals surface area (Å²) in [7, 11) is 0. The number of aromatic nitrogens is 2. The summed E-state index contributed by atoms with van der Waals surface area (Å²) in [4.78, 5) is 0. The summed E-state index contributed by atoms with van der Waals surface area (Å²) in [5, 5.41) is 8.18. The lowest BCUT2D eigenvalue weighted by molar-refractivity contribution is 0.632. The zero-order valence-electron chi connectivity index (χ0n) is 12.8. The van der Waals surface area contributed by atoms with Crippen molar-refractivity contribution in [3.05, 3.63) is 45.2 Å². The van der Waals surface area contributed by atoms with Gasteiger partial charge < -0.3 is 5.32 Å². The largest absolute Gasteiger partial charge is 0.377 e. The molecule has 0 aliphatic heterocycles. The first-order valence-electron chi connectivity index (χ1n) is 7.00. The second kappa shape index (κ2) is 6.00. The van der Waals surface area contributed by atoms with Crippen LogP contribution in [0.15, 0.2) is 22.7 Å². The second-order valence-corrected chi connectivity index (χ2v) is 6.10. The molecule has 2 rings (SSSR count). The summed E-state index contributed by atoms with van der Waals surface area (Å²) >= 11 is 3.60. The normalized spacial score (nSPS) is 12.5. The number of nitrogens with zero attached hydrogens (tertiary/aromatic N) is 2. The van der Waals surface area contributed by atoms with Crippen molar-refractivity contribution >= 4 is 21.6 Å². The third-order valence-electron chi connectivity index (χ3n) is 3.66. The van der Waals surface area contributed by atoms with E-state index in [0.29, 0.717) is 0 Å². The Bertz CT molecular complexity index is 616. The van der Waals surface area contributed by atoms with Crippen LogP contribution in [-0.2, 0) is 6.54 Å². The lowest BCUT2D eigenvalue weighted by Gasteiger charge is -2.18. The molecule has 2 aromatic rings. The molecule has 0 spiro atoms. The molecule has 20 heavy (non-hydrogen) atoms. The highest BCUT2D eigenvalue weighted by Crippen LogP contribution is 2.29. The fraction of sp³-hybridized carbons (Fsp3) is 0.438. The van der Waals surface area contributed by atoms with Crippen LogP contribution >= 0.6 is 15.9 Å². The van der Waals surface area contributed by atoms with E-state index >= 15 is 0 Å². The molecule has 0 radical (unpaired) electrons. The number of aryl methyl sites for hydroxylation is 3.